The van der Waals surface area contributed by atoms with Crippen molar-refractivity contribution < 1.29 is 24.9 Å². The molecule has 1 rings (SSSR count). The first-order valence-electron chi connectivity index (χ1n) is 5.36. The molecule has 1 saturated heterocycles. The Balaban J connectivity index is 2.49. The van der Waals surface area contributed by atoms with Crippen LogP contribution >= 0.6 is 0 Å². The van der Waals surface area contributed by atoms with Gasteiger partial charge in [-0.1, -0.05) is 0 Å². The van der Waals surface area contributed by atoms with Crippen LogP contribution in [-0.2, 0) is 9.59 Å². The summed E-state index contributed by atoms with van der Waals surface area (Å²) in [5, 5.41) is 30.0. The minimum absolute atomic E-state index is 0.246. The Morgan fingerprint density at radius 2 is 1.94 bits per heavy atom. The van der Waals surface area contributed by atoms with E-state index < -0.39 is 17.5 Å². The Bertz CT molecular complexity index is 258. The van der Waals surface area contributed by atoms with Gasteiger partial charge in [0, 0.05) is 0 Å². The lowest BCUT2D eigenvalue weighted by atomic mass is 9.88. The van der Waals surface area contributed by atoms with Gasteiger partial charge in [0.2, 0.25) is 0 Å². The smallest absolute Gasteiger partial charge is 0.347 e. The molecule has 1 aliphatic heterocycles. The van der Waals surface area contributed by atoms with Gasteiger partial charge in [-0.05, 0) is 44.7 Å². The molecule has 6 nitrogen and oxygen atoms in total. The number of piperidine rings is 1. The predicted octanol–water partition coefficient (Wildman–Crippen LogP) is -0.333. The summed E-state index contributed by atoms with van der Waals surface area (Å²) >= 11 is 0. The summed E-state index contributed by atoms with van der Waals surface area (Å²) in [6.07, 6.45) is 2.11. The van der Waals surface area contributed by atoms with Crippen molar-refractivity contribution in [2.45, 2.75) is 31.3 Å². The Kier molecular flexibility index (Phi) is 4.26. The monoisotopic (exact) mass is 231 g/mol. The lowest BCUT2D eigenvalue weighted by Gasteiger charge is -2.25. The van der Waals surface area contributed by atoms with Crippen molar-refractivity contribution in [3.05, 3.63) is 0 Å². The van der Waals surface area contributed by atoms with Gasteiger partial charge in [0.1, 0.15) is 0 Å². The van der Waals surface area contributed by atoms with Gasteiger partial charge < -0.3 is 20.6 Å². The zero-order valence-corrected chi connectivity index (χ0v) is 8.98. The van der Waals surface area contributed by atoms with Gasteiger partial charge in [-0.15, -0.1) is 0 Å². The maximum absolute atomic E-state index is 10.7. The van der Waals surface area contributed by atoms with Crippen LogP contribution < -0.4 is 5.32 Å². The lowest BCUT2D eigenvalue weighted by Crippen LogP contribution is -2.47. The fourth-order valence-electron chi connectivity index (χ4n) is 1.89. The molecular weight excluding hydrogens is 214 g/mol. The second-order valence-electron chi connectivity index (χ2n) is 4.22. The average molecular weight is 231 g/mol. The molecule has 1 aliphatic rings. The molecule has 1 heterocycles. The minimum Gasteiger partial charge on any atom is -0.479 e. The number of hydrogen-bond donors (Lipinski definition) is 4. The minimum atomic E-state index is -2.64. The zero-order chi connectivity index (χ0) is 12.2. The van der Waals surface area contributed by atoms with Crippen molar-refractivity contribution >= 4 is 11.9 Å². The quantitative estimate of drug-likeness (QED) is 0.482. The highest BCUT2D eigenvalue weighted by atomic mass is 16.4. The highest BCUT2D eigenvalue weighted by molar-refractivity contribution is 6.01. The van der Waals surface area contributed by atoms with Gasteiger partial charge in [0.05, 0.1) is 0 Å². The number of aliphatic hydroxyl groups is 1. The summed E-state index contributed by atoms with van der Waals surface area (Å²) in [6, 6.07) is 0. The number of nitrogens with one attached hydrogen (secondary N) is 1. The van der Waals surface area contributed by atoms with E-state index in [9.17, 15) is 14.7 Å². The van der Waals surface area contributed by atoms with Crippen LogP contribution in [0.4, 0.5) is 0 Å². The van der Waals surface area contributed by atoms with Crippen LogP contribution in [0.25, 0.3) is 0 Å². The zero-order valence-electron chi connectivity index (χ0n) is 8.98. The molecule has 0 aromatic rings. The molecule has 0 aromatic heterocycles. The van der Waals surface area contributed by atoms with E-state index in [4.69, 9.17) is 10.2 Å². The second-order valence-corrected chi connectivity index (χ2v) is 4.22. The number of carbonyl (C=O) groups is 2. The molecule has 16 heavy (non-hydrogen) atoms. The average Bonchev–Trinajstić information content (AvgIpc) is 2.26. The molecule has 1 fully saturated rings. The number of aliphatic carboxylic acids is 2. The van der Waals surface area contributed by atoms with E-state index in [1.807, 2.05) is 0 Å². The predicted molar refractivity (Wildman–Crippen MR) is 55.0 cm³/mol. The SMILES string of the molecule is O=C(O)C(O)(CCC1CCCNC1)C(=O)O. The fourth-order valence-corrected chi connectivity index (χ4v) is 1.89. The van der Waals surface area contributed by atoms with Gasteiger partial charge in [-0.3, -0.25) is 0 Å². The highest BCUT2D eigenvalue weighted by Crippen LogP contribution is 2.22. The molecule has 0 aliphatic carbocycles. The van der Waals surface area contributed by atoms with E-state index in [1.54, 1.807) is 0 Å². The van der Waals surface area contributed by atoms with Crippen molar-refractivity contribution in [2.75, 3.05) is 13.1 Å². The lowest BCUT2D eigenvalue weighted by molar-refractivity contribution is -0.177. The maximum atomic E-state index is 10.7. The third-order valence-electron chi connectivity index (χ3n) is 3.02. The van der Waals surface area contributed by atoms with E-state index in [0.717, 1.165) is 25.9 Å². The second kappa shape index (κ2) is 5.27. The van der Waals surface area contributed by atoms with Crippen molar-refractivity contribution in [2.24, 2.45) is 5.92 Å². The van der Waals surface area contributed by atoms with Crippen molar-refractivity contribution in [3.63, 3.8) is 0 Å². The van der Waals surface area contributed by atoms with Gasteiger partial charge in [-0.2, -0.15) is 0 Å². The largest absolute Gasteiger partial charge is 0.479 e. The highest BCUT2D eigenvalue weighted by Gasteiger charge is 2.44. The fraction of sp³-hybridized carbons (Fsp3) is 0.800. The van der Waals surface area contributed by atoms with Crippen LogP contribution in [0.3, 0.4) is 0 Å². The van der Waals surface area contributed by atoms with Crippen LogP contribution in [-0.4, -0.2) is 45.9 Å². The first-order valence-corrected chi connectivity index (χ1v) is 5.36. The third kappa shape index (κ3) is 2.93. The molecule has 0 amide bonds. The molecule has 0 radical (unpaired) electrons. The molecule has 1 atom stereocenters. The summed E-state index contributed by atoms with van der Waals surface area (Å²) < 4.78 is 0. The van der Waals surface area contributed by atoms with Crippen LogP contribution in [0.5, 0.6) is 0 Å². The normalized spacial score (nSPS) is 21.7. The van der Waals surface area contributed by atoms with Crippen LogP contribution in [0.15, 0.2) is 0 Å². The molecule has 4 N–H and O–H groups in total. The van der Waals surface area contributed by atoms with Crippen LogP contribution in [0.2, 0.25) is 0 Å². The Hall–Kier alpha value is -1.14. The van der Waals surface area contributed by atoms with E-state index in [2.05, 4.69) is 5.32 Å². The van der Waals surface area contributed by atoms with E-state index in [-0.39, 0.29) is 12.3 Å². The maximum Gasteiger partial charge on any atom is 0.347 e. The molecule has 0 bridgehead atoms. The molecule has 92 valence electrons. The third-order valence-corrected chi connectivity index (χ3v) is 3.02. The molecule has 0 spiro atoms. The standard InChI is InChI=1S/C10H17NO5/c12-8(13)10(16,9(14)15)4-3-7-2-1-5-11-6-7/h7,11,16H,1-6H2,(H,12,13)(H,14,15). The Morgan fingerprint density at radius 1 is 1.31 bits per heavy atom. The summed E-state index contributed by atoms with van der Waals surface area (Å²) in [6.45, 7) is 1.70. The summed E-state index contributed by atoms with van der Waals surface area (Å²) in [7, 11) is 0. The van der Waals surface area contributed by atoms with Gasteiger partial charge in [0.15, 0.2) is 0 Å². The molecule has 1 unspecified atom stereocenters. The topological polar surface area (TPSA) is 107 Å². The van der Waals surface area contributed by atoms with E-state index >= 15 is 0 Å². The first kappa shape index (κ1) is 12.9. The Morgan fingerprint density at radius 3 is 2.38 bits per heavy atom. The number of carboxylic acid groups (broad SMARTS) is 2. The van der Waals surface area contributed by atoms with Crippen molar-refractivity contribution in [1.29, 1.82) is 0 Å². The summed E-state index contributed by atoms with van der Waals surface area (Å²) in [4.78, 5) is 21.4. The first-order chi connectivity index (χ1) is 7.47. The molecule has 6 heteroatoms. The Labute approximate surface area is 93.3 Å². The number of carboxylic acids is 2. The summed E-state index contributed by atoms with van der Waals surface area (Å²) in [5.74, 6) is -3.13. The van der Waals surface area contributed by atoms with Crippen molar-refractivity contribution in [3.8, 4) is 0 Å². The number of hydrogen-bond acceptors (Lipinski definition) is 4. The molecular formula is C10H17NO5. The molecule has 0 saturated carbocycles. The van der Waals surface area contributed by atoms with Gasteiger partial charge >= 0.3 is 11.9 Å². The molecule has 0 aromatic carbocycles. The number of rotatable bonds is 5. The van der Waals surface area contributed by atoms with Gasteiger partial charge in [0.25, 0.3) is 5.60 Å². The van der Waals surface area contributed by atoms with Crippen LogP contribution in [0, 0.1) is 5.92 Å². The van der Waals surface area contributed by atoms with E-state index in [0.29, 0.717) is 6.42 Å². The summed E-state index contributed by atoms with van der Waals surface area (Å²) in [5.41, 5.74) is -2.64. The van der Waals surface area contributed by atoms with Crippen LogP contribution in [0.1, 0.15) is 25.7 Å². The van der Waals surface area contributed by atoms with Gasteiger partial charge in [-0.25, -0.2) is 9.59 Å². The van der Waals surface area contributed by atoms with E-state index in [1.165, 1.54) is 0 Å². The van der Waals surface area contributed by atoms with Crippen molar-refractivity contribution in [1.82, 2.24) is 5.32 Å².